The molecule has 0 saturated heterocycles. The van der Waals surface area contributed by atoms with Gasteiger partial charge >= 0.3 is 5.97 Å². The zero-order valence-electron chi connectivity index (χ0n) is 12.3. The first kappa shape index (κ1) is 15.2. The molecule has 0 aliphatic carbocycles. The number of Topliss-reactive ketones (excluding diaryl/α,β-unsaturated/α-hetero) is 1. The van der Waals surface area contributed by atoms with Gasteiger partial charge in [-0.3, -0.25) is 4.79 Å². The van der Waals surface area contributed by atoms with Gasteiger partial charge in [-0.1, -0.05) is 29.5 Å². The van der Waals surface area contributed by atoms with Crippen molar-refractivity contribution in [2.45, 2.75) is 13.8 Å². The highest BCUT2D eigenvalue weighted by Gasteiger charge is 2.23. The van der Waals surface area contributed by atoms with Crippen LogP contribution in [0.25, 0.3) is 0 Å². The Kier molecular flexibility index (Phi) is 4.37. The quantitative estimate of drug-likeness (QED) is 0.641. The molecule has 0 aliphatic heterocycles. The molecule has 0 radical (unpaired) electrons. The summed E-state index contributed by atoms with van der Waals surface area (Å²) in [5, 5.41) is 0.579. The molecule has 0 fully saturated rings. The Bertz CT molecular complexity index is 694. The molecule has 0 atom stereocenters. The number of carbonyl (C=O) groups excluding carboxylic acids is 2. The molecule has 0 unspecified atom stereocenters. The van der Waals surface area contributed by atoms with Crippen LogP contribution in [0.1, 0.15) is 32.6 Å². The second-order valence-electron chi connectivity index (χ2n) is 4.57. The minimum Gasteiger partial charge on any atom is -0.464 e. The number of ether oxygens (including phenoxy) is 1. The minimum absolute atomic E-state index is 0.0745. The van der Waals surface area contributed by atoms with Gasteiger partial charge in [0.25, 0.3) is 0 Å². The molecule has 5 nitrogen and oxygen atoms in total. The summed E-state index contributed by atoms with van der Waals surface area (Å²) < 4.78 is 4.68. The number of aromatic nitrogens is 1. The molecule has 0 aliphatic rings. The highest BCUT2D eigenvalue weighted by Crippen LogP contribution is 2.32. The van der Waals surface area contributed by atoms with Crippen molar-refractivity contribution in [2.24, 2.45) is 0 Å². The third kappa shape index (κ3) is 2.95. The summed E-state index contributed by atoms with van der Waals surface area (Å²) in [6, 6.07) is 7.84. The Labute approximate surface area is 127 Å². The van der Waals surface area contributed by atoms with E-state index in [0.717, 1.165) is 11.3 Å². The summed E-state index contributed by atoms with van der Waals surface area (Å²) in [6.07, 6.45) is 0. The molecule has 0 amide bonds. The van der Waals surface area contributed by atoms with Crippen molar-refractivity contribution < 1.29 is 14.3 Å². The van der Waals surface area contributed by atoms with Crippen molar-refractivity contribution in [3.63, 3.8) is 0 Å². The number of ketones is 1. The lowest BCUT2D eigenvalue weighted by Gasteiger charge is -2.17. The summed E-state index contributed by atoms with van der Waals surface area (Å²) in [5.74, 6) is -0.793. The number of nitrogens with zero attached hydrogens (tertiary/aromatic N) is 2. The largest absolute Gasteiger partial charge is 0.464 e. The first-order chi connectivity index (χ1) is 9.95. The van der Waals surface area contributed by atoms with Gasteiger partial charge in [-0.25, -0.2) is 9.78 Å². The van der Waals surface area contributed by atoms with Crippen molar-refractivity contribution in [3.8, 4) is 0 Å². The van der Waals surface area contributed by atoms with Crippen LogP contribution in [-0.4, -0.2) is 30.9 Å². The monoisotopic (exact) mass is 304 g/mol. The van der Waals surface area contributed by atoms with Crippen molar-refractivity contribution in [2.75, 3.05) is 19.1 Å². The van der Waals surface area contributed by atoms with Gasteiger partial charge in [0.2, 0.25) is 0 Å². The maximum atomic E-state index is 11.7. The molecule has 1 heterocycles. The lowest BCUT2D eigenvalue weighted by Crippen LogP contribution is -2.11. The zero-order chi connectivity index (χ0) is 15.6. The number of para-hydroxylation sites is 1. The van der Waals surface area contributed by atoms with Crippen molar-refractivity contribution in [3.05, 3.63) is 40.4 Å². The number of aryl methyl sites for hydroxylation is 1. The average Bonchev–Trinajstić information content (AvgIpc) is 2.91. The van der Waals surface area contributed by atoms with E-state index in [1.165, 1.54) is 25.4 Å². The number of hydrogen-bond donors (Lipinski definition) is 0. The van der Waals surface area contributed by atoms with Crippen LogP contribution in [0.3, 0.4) is 0 Å². The third-order valence-corrected chi connectivity index (χ3v) is 4.31. The Balaban J connectivity index is 2.48. The number of anilines is 2. The molecule has 0 spiro atoms. The number of carbonyl (C=O) groups is 2. The van der Waals surface area contributed by atoms with Gasteiger partial charge in [-0.15, -0.1) is 0 Å². The van der Waals surface area contributed by atoms with E-state index in [1.54, 1.807) is 0 Å². The molecule has 6 heteroatoms. The van der Waals surface area contributed by atoms with E-state index < -0.39 is 5.97 Å². The molecule has 21 heavy (non-hydrogen) atoms. The molecule has 1 aromatic heterocycles. The van der Waals surface area contributed by atoms with Crippen LogP contribution in [0.15, 0.2) is 24.3 Å². The van der Waals surface area contributed by atoms with Crippen LogP contribution in [-0.2, 0) is 4.74 Å². The number of esters is 1. The lowest BCUT2D eigenvalue weighted by molar-refractivity contribution is 0.0591. The number of methoxy groups -OCH3 is 1. The second kappa shape index (κ2) is 6.05. The van der Waals surface area contributed by atoms with E-state index in [-0.39, 0.29) is 11.5 Å². The van der Waals surface area contributed by atoms with Gasteiger partial charge in [-0.05, 0) is 18.6 Å². The molecule has 2 aromatic rings. The fourth-order valence-electron chi connectivity index (χ4n) is 1.97. The highest BCUT2D eigenvalue weighted by molar-refractivity contribution is 7.17. The van der Waals surface area contributed by atoms with Crippen molar-refractivity contribution in [1.82, 2.24) is 4.98 Å². The second-order valence-corrected chi connectivity index (χ2v) is 5.54. The zero-order valence-corrected chi connectivity index (χ0v) is 13.2. The van der Waals surface area contributed by atoms with Crippen LogP contribution < -0.4 is 4.90 Å². The first-order valence-electron chi connectivity index (χ1n) is 6.35. The Morgan fingerprint density at radius 2 is 1.95 bits per heavy atom. The molecule has 110 valence electrons. The fraction of sp³-hybridized carbons (Fsp3) is 0.267. The molecule has 1 aromatic carbocycles. The summed E-state index contributed by atoms with van der Waals surface area (Å²) in [6.45, 7) is 3.41. The predicted molar refractivity (Wildman–Crippen MR) is 82.7 cm³/mol. The van der Waals surface area contributed by atoms with E-state index in [0.29, 0.717) is 10.0 Å². The van der Waals surface area contributed by atoms with Gasteiger partial charge < -0.3 is 9.64 Å². The molecular formula is C15H16N2O3S. The number of thiazole rings is 1. The summed E-state index contributed by atoms with van der Waals surface area (Å²) >= 11 is 1.19. The molecular weight excluding hydrogens is 288 g/mol. The van der Waals surface area contributed by atoms with E-state index in [4.69, 9.17) is 0 Å². The van der Waals surface area contributed by atoms with Crippen LogP contribution in [0.4, 0.5) is 10.8 Å². The lowest BCUT2D eigenvalue weighted by atomic mass is 10.2. The van der Waals surface area contributed by atoms with Gasteiger partial charge in [0, 0.05) is 19.7 Å². The summed E-state index contributed by atoms with van der Waals surface area (Å²) in [7, 11) is 3.13. The normalized spacial score (nSPS) is 10.3. The van der Waals surface area contributed by atoms with Crippen LogP contribution >= 0.6 is 11.3 Å². The van der Waals surface area contributed by atoms with E-state index in [9.17, 15) is 9.59 Å². The average molecular weight is 304 g/mol. The van der Waals surface area contributed by atoms with E-state index >= 15 is 0 Å². The van der Waals surface area contributed by atoms with Gasteiger partial charge in [0.15, 0.2) is 16.6 Å². The smallest absolute Gasteiger partial charge is 0.358 e. The fourth-order valence-corrected chi connectivity index (χ4v) is 2.89. The minimum atomic E-state index is -0.596. The number of rotatable bonds is 4. The van der Waals surface area contributed by atoms with Gasteiger partial charge in [-0.2, -0.15) is 0 Å². The molecule has 0 saturated carbocycles. The van der Waals surface area contributed by atoms with Gasteiger partial charge in [0.1, 0.15) is 4.88 Å². The highest BCUT2D eigenvalue weighted by atomic mass is 32.1. The first-order valence-corrected chi connectivity index (χ1v) is 7.16. The van der Waals surface area contributed by atoms with Crippen LogP contribution in [0.5, 0.6) is 0 Å². The summed E-state index contributed by atoms with van der Waals surface area (Å²) in [5.41, 5.74) is 2.13. The molecule has 2 rings (SSSR count). The van der Waals surface area contributed by atoms with E-state index in [2.05, 4.69) is 9.72 Å². The predicted octanol–water partition coefficient (Wildman–Crippen LogP) is 3.21. The van der Waals surface area contributed by atoms with Crippen LogP contribution in [0, 0.1) is 6.92 Å². The van der Waals surface area contributed by atoms with Gasteiger partial charge in [0.05, 0.1) is 7.11 Å². The van der Waals surface area contributed by atoms with Crippen molar-refractivity contribution in [1.29, 1.82) is 0 Å². The Morgan fingerprint density at radius 3 is 2.52 bits per heavy atom. The van der Waals surface area contributed by atoms with Crippen molar-refractivity contribution >= 4 is 33.9 Å². The SMILES string of the molecule is COC(=O)c1nc(N(C)c2ccccc2C)sc1C(C)=O. The molecule has 0 bridgehead atoms. The topological polar surface area (TPSA) is 59.5 Å². The maximum absolute atomic E-state index is 11.7. The third-order valence-electron chi connectivity index (χ3n) is 3.08. The number of hydrogen-bond acceptors (Lipinski definition) is 6. The Hall–Kier alpha value is -2.21. The Morgan fingerprint density at radius 1 is 1.29 bits per heavy atom. The molecule has 0 N–H and O–H groups in total. The van der Waals surface area contributed by atoms with Crippen LogP contribution in [0.2, 0.25) is 0 Å². The standard InChI is InChI=1S/C15H16N2O3S/c1-9-7-5-6-8-11(9)17(3)15-16-12(14(19)20-4)13(21-15)10(2)18/h5-8H,1-4H3. The summed E-state index contributed by atoms with van der Waals surface area (Å²) in [4.78, 5) is 29.8. The van der Waals surface area contributed by atoms with E-state index in [1.807, 2.05) is 43.1 Å². The number of benzene rings is 1. The maximum Gasteiger partial charge on any atom is 0.358 e.